The number of benzene rings is 3. The summed E-state index contributed by atoms with van der Waals surface area (Å²) in [4.78, 5) is 0. The fourth-order valence-electron chi connectivity index (χ4n) is 6.83. The summed E-state index contributed by atoms with van der Waals surface area (Å²) < 4.78 is 4.94. The largest absolute Gasteiger partial charge is 0.314 e. The van der Waals surface area contributed by atoms with Crippen molar-refractivity contribution in [1.29, 1.82) is 0 Å². The first kappa shape index (κ1) is 21.8. The van der Waals surface area contributed by atoms with Crippen LogP contribution in [0.3, 0.4) is 0 Å². The maximum absolute atomic E-state index is 2.54. The van der Waals surface area contributed by atoms with E-state index in [-0.39, 0.29) is 0 Å². The molecule has 0 radical (unpaired) electrons. The summed E-state index contributed by atoms with van der Waals surface area (Å²) in [7, 11) is 0. The smallest absolute Gasteiger partial charge is 0.0541 e. The normalized spacial score (nSPS) is 18.1. The summed E-state index contributed by atoms with van der Waals surface area (Å²) in [5.41, 5.74) is 12.4. The lowest BCUT2D eigenvalue weighted by Gasteiger charge is -2.21. The Morgan fingerprint density at radius 3 is 2.11 bits per heavy atom. The van der Waals surface area contributed by atoms with E-state index >= 15 is 0 Å². The van der Waals surface area contributed by atoms with Crippen molar-refractivity contribution in [2.75, 3.05) is 0 Å². The lowest BCUT2D eigenvalue weighted by molar-refractivity contribution is 0.830. The predicted octanol–water partition coefficient (Wildman–Crippen LogP) is 9.09. The third kappa shape index (κ3) is 3.26. The maximum atomic E-state index is 2.54. The minimum atomic E-state index is 0.406. The number of rotatable bonds is 3. The molecule has 3 aromatic carbocycles. The first-order chi connectivity index (χ1) is 18.9. The van der Waals surface area contributed by atoms with Crippen LogP contribution in [0, 0.1) is 0 Å². The number of hydrogen-bond acceptors (Lipinski definition) is 0. The minimum Gasteiger partial charge on any atom is -0.314 e. The Labute approximate surface area is 223 Å². The molecule has 0 saturated carbocycles. The van der Waals surface area contributed by atoms with Gasteiger partial charge in [0.2, 0.25) is 0 Å². The van der Waals surface area contributed by atoms with Crippen molar-refractivity contribution in [3.8, 4) is 5.69 Å². The molecular formula is C36H30N2. The molecule has 0 fully saturated rings. The zero-order valence-electron chi connectivity index (χ0n) is 21.5. The predicted molar refractivity (Wildman–Crippen MR) is 161 cm³/mol. The van der Waals surface area contributed by atoms with Gasteiger partial charge in [-0.15, -0.1) is 0 Å². The summed E-state index contributed by atoms with van der Waals surface area (Å²) in [5, 5.41) is 2.61. The van der Waals surface area contributed by atoms with Gasteiger partial charge in [-0.25, -0.2) is 0 Å². The van der Waals surface area contributed by atoms with Crippen molar-refractivity contribution in [3.63, 3.8) is 0 Å². The second kappa shape index (κ2) is 8.63. The number of para-hydroxylation sites is 2. The SMILES string of the molecule is C1=Cc2c(c3c(n2C2=CCC(c4ccc(-n5c6ccccc6c6ccccc65)cc4)C=C2)CCC=C3)CC1. The van der Waals surface area contributed by atoms with Crippen LogP contribution < -0.4 is 0 Å². The average Bonchev–Trinajstić information content (AvgIpc) is 3.51. The number of hydrogen-bond donors (Lipinski definition) is 0. The Morgan fingerprint density at radius 1 is 0.658 bits per heavy atom. The van der Waals surface area contributed by atoms with Crippen molar-refractivity contribution in [2.24, 2.45) is 0 Å². The molecule has 184 valence electrons. The van der Waals surface area contributed by atoms with Crippen LogP contribution in [0.15, 0.2) is 103 Å². The van der Waals surface area contributed by atoms with Crippen molar-refractivity contribution >= 4 is 39.7 Å². The quantitative estimate of drug-likeness (QED) is 0.239. The first-order valence-electron chi connectivity index (χ1n) is 13.9. The zero-order chi connectivity index (χ0) is 25.1. The Hall–Kier alpha value is -4.30. The second-order valence-electron chi connectivity index (χ2n) is 10.7. The van der Waals surface area contributed by atoms with Crippen LogP contribution in [-0.2, 0) is 12.8 Å². The topological polar surface area (TPSA) is 9.86 Å². The molecule has 38 heavy (non-hydrogen) atoms. The number of aromatic nitrogens is 2. The van der Waals surface area contributed by atoms with Crippen LogP contribution in [0.5, 0.6) is 0 Å². The van der Waals surface area contributed by atoms with Gasteiger partial charge in [-0.2, -0.15) is 0 Å². The summed E-state index contributed by atoms with van der Waals surface area (Å²) in [6, 6.07) is 26.6. The Bertz CT molecular complexity index is 1780. The third-order valence-electron chi connectivity index (χ3n) is 8.62. The van der Waals surface area contributed by atoms with Crippen molar-refractivity contribution in [3.05, 3.63) is 131 Å². The van der Waals surface area contributed by atoms with Crippen molar-refractivity contribution in [2.45, 2.75) is 38.0 Å². The number of nitrogens with zero attached hydrogens (tertiary/aromatic N) is 2. The Kier molecular flexibility index (Phi) is 4.94. The molecule has 5 aromatic rings. The minimum absolute atomic E-state index is 0.406. The molecule has 2 heterocycles. The highest BCUT2D eigenvalue weighted by Crippen LogP contribution is 2.38. The van der Waals surface area contributed by atoms with Gasteiger partial charge in [0.25, 0.3) is 0 Å². The summed E-state index contributed by atoms with van der Waals surface area (Å²) in [6.45, 7) is 0. The molecule has 1 unspecified atom stereocenters. The average molecular weight is 491 g/mol. The highest BCUT2D eigenvalue weighted by Gasteiger charge is 2.24. The molecule has 0 aliphatic heterocycles. The van der Waals surface area contributed by atoms with E-state index in [1.807, 2.05) is 0 Å². The van der Waals surface area contributed by atoms with Crippen molar-refractivity contribution in [1.82, 2.24) is 9.13 Å². The van der Waals surface area contributed by atoms with E-state index in [1.54, 1.807) is 0 Å². The van der Waals surface area contributed by atoms with Crippen LogP contribution in [0.1, 0.15) is 53.3 Å². The maximum Gasteiger partial charge on any atom is 0.0541 e. The van der Waals surface area contributed by atoms with E-state index in [2.05, 4.69) is 124 Å². The molecule has 3 aliphatic rings. The summed E-state index contributed by atoms with van der Waals surface area (Å²) >= 11 is 0. The summed E-state index contributed by atoms with van der Waals surface area (Å²) in [5.74, 6) is 0.406. The Balaban J connectivity index is 1.11. The second-order valence-corrected chi connectivity index (χ2v) is 10.7. The van der Waals surface area contributed by atoms with E-state index in [1.165, 1.54) is 61.3 Å². The van der Waals surface area contributed by atoms with Crippen LogP contribution in [-0.4, -0.2) is 9.13 Å². The van der Waals surface area contributed by atoms with Gasteiger partial charge in [0.15, 0.2) is 0 Å². The zero-order valence-corrected chi connectivity index (χ0v) is 21.5. The molecule has 0 spiro atoms. The fourth-order valence-corrected chi connectivity index (χ4v) is 6.83. The van der Waals surface area contributed by atoms with Gasteiger partial charge in [0.1, 0.15) is 0 Å². The van der Waals surface area contributed by atoms with Gasteiger partial charge in [0.05, 0.1) is 11.0 Å². The van der Waals surface area contributed by atoms with Gasteiger partial charge < -0.3 is 9.13 Å². The molecule has 2 nitrogen and oxygen atoms in total. The highest BCUT2D eigenvalue weighted by atomic mass is 15.0. The van der Waals surface area contributed by atoms with E-state index in [0.29, 0.717) is 5.92 Å². The first-order valence-corrected chi connectivity index (χ1v) is 13.9. The van der Waals surface area contributed by atoms with Gasteiger partial charge in [-0.05, 0) is 85.2 Å². The van der Waals surface area contributed by atoms with E-state index in [0.717, 1.165) is 32.1 Å². The Morgan fingerprint density at radius 2 is 1.37 bits per heavy atom. The molecule has 0 saturated heterocycles. The van der Waals surface area contributed by atoms with Gasteiger partial charge in [-0.3, -0.25) is 0 Å². The molecule has 8 rings (SSSR count). The van der Waals surface area contributed by atoms with E-state index in [9.17, 15) is 0 Å². The van der Waals surface area contributed by atoms with Crippen LogP contribution in [0.2, 0.25) is 0 Å². The number of allylic oxidation sites excluding steroid dienone is 6. The lowest BCUT2D eigenvalue weighted by Crippen LogP contribution is -2.08. The van der Waals surface area contributed by atoms with Crippen LogP contribution in [0.25, 0.3) is 45.3 Å². The molecule has 0 amide bonds. The highest BCUT2D eigenvalue weighted by molar-refractivity contribution is 6.09. The molecule has 2 heteroatoms. The molecule has 0 bridgehead atoms. The van der Waals surface area contributed by atoms with Crippen LogP contribution >= 0.6 is 0 Å². The van der Waals surface area contributed by atoms with Crippen LogP contribution in [0.4, 0.5) is 0 Å². The van der Waals surface area contributed by atoms with Gasteiger partial charge >= 0.3 is 0 Å². The number of fused-ring (bicyclic) bond motifs is 6. The summed E-state index contributed by atoms with van der Waals surface area (Å²) in [6.07, 6.45) is 22.2. The standard InChI is InChI=1S/C36H30N2/c1-5-13-33-29(9-1)30-10-2-6-14-34(30)37(33)27-21-17-25(18-22-27)26-19-23-28(24-20-26)38-35-15-7-3-11-31(35)32-12-4-8-16-36(32)38/h1-3,5-6,8-11,13-14,16-19,21-24,26H,4,7,12,15,20H2. The third-order valence-corrected chi connectivity index (χ3v) is 8.62. The van der Waals surface area contributed by atoms with Gasteiger partial charge in [-0.1, -0.05) is 78.9 Å². The molecule has 2 aromatic heterocycles. The van der Waals surface area contributed by atoms with E-state index in [4.69, 9.17) is 0 Å². The molecule has 3 aliphatic carbocycles. The van der Waals surface area contributed by atoms with Crippen molar-refractivity contribution < 1.29 is 0 Å². The molecule has 0 N–H and O–H groups in total. The molecular weight excluding hydrogens is 460 g/mol. The fraction of sp³-hybridized carbons (Fsp3) is 0.167. The monoisotopic (exact) mass is 490 g/mol. The van der Waals surface area contributed by atoms with E-state index < -0.39 is 0 Å². The van der Waals surface area contributed by atoms with Gasteiger partial charge in [0, 0.05) is 39.5 Å². The lowest BCUT2D eigenvalue weighted by atomic mass is 9.91. The molecule has 1 atom stereocenters.